The molecule has 0 amide bonds. The summed E-state index contributed by atoms with van der Waals surface area (Å²) in [7, 11) is 0. The summed E-state index contributed by atoms with van der Waals surface area (Å²) < 4.78 is 0. The van der Waals surface area contributed by atoms with Gasteiger partial charge in [0.2, 0.25) is 0 Å². The van der Waals surface area contributed by atoms with Crippen molar-refractivity contribution in [1.29, 1.82) is 0 Å². The molecule has 0 unspecified atom stereocenters. The van der Waals surface area contributed by atoms with E-state index in [1.807, 2.05) is 12.3 Å². The average molecular weight is 224 g/mol. The van der Waals surface area contributed by atoms with Crippen molar-refractivity contribution in [2.75, 3.05) is 5.75 Å². The molecule has 2 nitrogen and oxygen atoms in total. The highest BCUT2D eigenvalue weighted by atomic mass is 32.2. The molecule has 0 aliphatic carbocycles. The highest BCUT2D eigenvalue weighted by molar-refractivity contribution is 7.99. The quantitative estimate of drug-likeness (QED) is 0.796. The highest BCUT2D eigenvalue weighted by Gasteiger charge is 2.10. The molecule has 1 aromatic heterocycles. The van der Waals surface area contributed by atoms with E-state index in [0.717, 1.165) is 17.3 Å². The average Bonchev–Trinajstić information content (AvgIpc) is 2.16. The minimum atomic E-state index is 0.157. The molecule has 15 heavy (non-hydrogen) atoms. The Morgan fingerprint density at radius 1 is 1.40 bits per heavy atom. The first kappa shape index (κ1) is 12.5. The van der Waals surface area contributed by atoms with Crippen molar-refractivity contribution in [2.24, 2.45) is 0 Å². The molecule has 0 aliphatic rings. The van der Waals surface area contributed by atoms with Crippen LogP contribution in [0.2, 0.25) is 0 Å². The Hall–Kier alpha value is -0.540. The first-order valence-electron chi connectivity index (χ1n) is 5.34. The van der Waals surface area contributed by atoms with Crippen LogP contribution in [0.1, 0.15) is 33.3 Å². The monoisotopic (exact) mass is 224 g/mol. The van der Waals surface area contributed by atoms with Crippen molar-refractivity contribution in [2.45, 2.75) is 44.8 Å². The number of pyridine rings is 1. The Balaban J connectivity index is 2.67. The van der Waals surface area contributed by atoms with E-state index in [0.29, 0.717) is 0 Å². The zero-order valence-electron chi connectivity index (χ0n) is 10.0. The second kappa shape index (κ2) is 5.52. The summed E-state index contributed by atoms with van der Waals surface area (Å²) in [5, 5.41) is 4.63. The molecule has 0 aromatic carbocycles. The molecule has 84 valence electrons. The Morgan fingerprint density at radius 2 is 2.13 bits per heavy atom. The van der Waals surface area contributed by atoms with Crippen LogP contribution >= 0.6 is 11.8 Å². The smallest absolute Gasteiger partial charge is 0.100 e. The van der Waals surface area contributed by atoms with Gasteiger partial charge in [-0.05, 0) is 38.2 Å². The standard InChI is InChI=1S/C12H20N2S/c1-5-15-11-10(7-6-8-13-11)9-14-12(2,3)4/h6-8,14H,5,9H2,1-4H3. The maximum Gasteiger partial charge on any atom is 0.100 e. The molecule has 0 bridgehead atoms. The van der Waals surface area contributed by atoms with Crippen LogP contribution in [-0.4, -0.2) is 16.3 Å². The fourth-order valence-electron chi connectivity index (χ4n) is 1.19. The number of nitrogens with one attached hydrogen (secondary N) is 1. The summed E-state index contributed by atoms with van der Waals surface area (Å²) in [5.41, 5.74) is 1.45. The van der Waals surface area contributed by atoms with Gasteiger partial charge < -0.3 is 5.32 Å². The second-order valence-electron chi connectivity index (χ2n) is 4.50. The molecule has 0 radical (unpaired) electrons. The number of aromatic nitrogens is 1. The van der Waals surface area contributed by atoms with Gasteiger partial charge in [-0.2, -0.15) is 0 Å². The topological polar surface area (TPSA) is 24.9 Å². The van der Waals surface area contributed by atoms with Gasteiger partial charge in [0.05, 0.1) is 0 Å². The van der Waals surface area contributed by atoms with Crippen molar-refractivity contribution in [3.63, 3.8) is 0 Å². The minimum Gasteiger partial charge on any atom is -0.308 e. The zero-order valence-corrected chi connectivity index (χ0v) is 10.8. The second-order valence-corrected chi connectivity index (χ2v) is 5.76. The molecule has 0 aliphatic heterocycles. The van der Waals surface area contributed by atoms with Gasteiger partial charge in [-0.15, -0.1) is 11.8 Å². The number of thioether (sulfide) groups is 1. The molecule has 0 spiro atoms. The van der Waals surface area contributed by atoms with Crippen molar-refractivity contribution < 1.29 is 0 Å². The summed E-state index contributed by atoms with van der Waals surface area (Å²) in [4.78, 5) is 4.39. The molecule has 1 rings (SSSR count). The van der Waals surface area contributed by atoms with Crippen LogP contribution < -0.4 is 5.32 Å². The predicted molar refractivity (Wildman–Crippen MR) is 67.2 cm³/mol. The van der Waals surface area contributed by atoms with Crippen LogP contribution in [0.5, 0.6) is 0 Å². The van der Waals surface area contributed by atoms with E-state index >= 15 is 0 Å². The van der Waals surface area contributed by atoms with Crippen molar-refractivity contribution in [1.82, 2.24) is 10.3 Å². The van der Waals surface area contributed by atoms with E-state index in [2.05, 4.69) is 44.1 Å². The molecule has 0 fully saturated rings. The van der Waals surface area contributed by atoms with Gasteiger partial charge in [-0.3, -0.25) is 0 Å². The Bertz CT molecular complexity index is 305. The Labute approximate surface area is 96.9 Å². The Morgan fingerprint density at radius 3 is 2.73 bits per heavy atom. The third-order valence-electron chi connectivity index (χ3n) is 1.94. The Kier molecular flexibility index (Phi) is 4.61. The number of hydrogen-bond acceptors (Lipinski definition) is 3. The van der Waals surface area contributed by atoms with Crippen LogP contribution in [0, 0.1) is 0 Å². The maximum atomic E-state index is 4.39. The lowest BCUT2D eigenvalue weighted by atomic mass is 10.1. The lowest BCUT2D eigenvalue weighted by Gasteiger charge is -2.21. The fourth-order valence-corrected chi connectivity index (χ4v) is 1.92. The molecule has 0 saturated heterocycles. The van der Waals surface area contributed by atoms with Crippen LogP contribution in [0.4, 0.5) is 0 Å². The van der Waals surface area contributed by atoms with Gasteiger partial charge >= 0.3 is 0 Å². The molecule has 1 aromatic rings. The fraction of sp³-hybridized carbons (Fsp3) is 0.583. The summed E-state index contributed by atoms with van der Waals surface area (Å²) in [6, 6.07) is 4.14. The minimum absolute atomic E-state index is 0.157. The SMILES string of the molecule is CCSc1ncccc1CNC(C)(C)C. The molecule has 0 atom stereocenters. The van der Waals surface area contributed by atoms with E-state index in [1.54, 1.807) is 11.8 Å². The third-order valence-corrected chi connectivity index (χ3v) is 2.87. The largest absolute Gasteiger partial charge is 0.308 e. The maximum absolute atomic E-state index is 4.39. The van der Waals surface area contributed by atoms with E-state index in [4.69, 9.17) is 0 Å². The highest BCUT2D eigenvalue weighted by Crippen LogP contribution is 2.19. The molecular weight excluding hydrogens is 204 g/mol. The van der Waals surface area contributed by atoms with Gasteiger partial charge in [0, 0.05) is 18.3 Å². The molecule has 1 heterocycles. The first-order chi connectivity index (χ1) is 7.03. The first-order valence-corrected chi connectivity index (χ1v) is 6.33. The number of nitrogens with zero attached hydrogens (tertiary/aromatic N) is 1. The van der Waals surface area contributed by atoms with Crippen LogP contribution in [0.25, 0.3) is 0 Å². The van der Waals surface area contributed by atoms with Gasteiger partial charge in [-0.25, -0.2) is 4.98 Å². The predicted octanol–water partition coefficient (Wildman–Crippen LogP) is 3.08. The molecule has 3 heteroatoms. The van der Waals surface area contributed by atoms with E-state index in [9.17, 15) is 0 Å². The van der Waals surface area contributed by atoms with Crippen molar-refractivity contribution >= 4 is 11.8 Å². The molecular formula is C12H20N2S. The third kappa shape index (κ3) is 4.67. The van der Waals surface area contributed by atoms with Gasteiger partial charge in [0.25, 0.3) is 0 Å². The molecule has 1 N–H and O–H groups in total. The zero-order chi connectivity index (χ0) is 11.3. The van der Waals surface area contributed by atoms with E-state index < -0.39 is 0 Å². The van der Waals surface area contributed by atoms with Crippen molar-refractivity contribution in [3.8, 4) is 0 Å². The lowest BCUT2D eigenvalue weighted by Crippen LogP contribution is -2.35. The van der Waals surface area contributed by atoms with Gasteiger partial charge in [-0.1, -0.05) is 13.0 Å². The summed E-state index contributed by atoms with van der Waals surface area (Å²) in [6.07, 6.45) is 1.86. The normalized spacial score (nSPS) is 11.7. The van der Waals surface area contributed by atoms with Gasteiger partial charge in [0.15, 0.2) is 0 Å². The van der Waals surface area contributed by atoms with Crippen molar-refractivity contribution in [3.05, 3.63) is 23.9 Å². The summed E-state index contributed by atoms with van der Waals surface area (Å²) in [6.45, 7) is 9.57. The van der Waals surface area contributed by atoms with Crippen LogP contribution in [0.3, 0.4) is 0 Å². The summed E-state index contributed by atoms with van der Waals surface area (Å²) in [5.74, 6) is 1.07. The number of rotatable bonds is 4. The summed E-state index contributed by atoms with van der Waals surface area (Å²) >= 11 is 1.80. The number of hydrogen-bond donors (Lipinski definition) is 1. The van der Waals surface area contributed by atoms with E-state index in [-0.39, 0.29) is 5.54 Å². The van der Waals surface area contributed by atoms with Crippen LogP contribution in [-0.2, 0) is 6.54 Å². The van der Waals surface area contributed by atoms with Gasteiger partial charge in [0.1, 0.15) is 5.03 Å². The van der Waals surface area contributed by atoms with E-state index in [1.165, 1.54) is 5.56 Å². The van der Waals surface area contributed by atoms with Crippen LogP contribution in [0.15, 0.2) is 23.4 Å². The lowest BCUT2D eigenvalue weighted by molar-refractivity contribution is 0.422. The molecule has 0 saturated carbocycles.